The smallest absolute Gasteiger partial charge is 0.230 e. The fraction of sp³-hybridized carbons (Fsp3) is 0.391. The molecule has 9 nitrogen and oxygen atoms in total. The van der Waals surface area contributed by atoms with Crippen LogP contribution in [0.3, 0.4) is 0 Å². The molecule has 0 aromatic heterocycles. The van der Waals surface area contributed by atoms with E-state index < -0.39 is 0 Å². The fourth-order valence-electron chi connectivity index (χ4n) is 3.60. The van der Waals surface area contributed by atoms with Crippen LogP contribution < -0.4 is 23.8 Å². The Labute approximate surface area is 187 Å². The van der Waals surface area contributed by atoms with Gasteiger partial charge in [0, 0.05) is 37.4 Å². The Hall–Kier alpha value is -3.46. The van der Waals surface area contributed by atoms with Gasteiger partial charge in [-0.15, -0.1) is 0 Å². The molecule has 0 spiro atoms. The molecule has 2 N–H and O–H groups in total. The van der Waals surface area contributed by atoms with Crippen LogP contribution in [-0.4, -0.2) is 76.7 Å². The van der Waals surface area contributed by atoms with Gasteiger partial charge in [0.2, 0.25) is 11.7 Å². The first-order chi connectivity index (χ1) is 15.0. The van der Waals surface area contributed by atoms with Crippen molar-refractivity contribution < 1.29 is 34.0 Å². The van der Waals surface area contributed by atoms with E-state index in [-0.39, 0.29) is 23.6 Å². The van der Waals surface area contributed by atoms with Crippen molar-refractivity contribution in [2.75, 3.05) is 59.5 Å². The van der Waals surface area contributed by atoms with Crippen LogP contribution >= 0.6 is 0 Å². The van der Waals surface area contributed by atoms with Crippen molar-refractivity contribution in [3.8, 4) is 23.0 Å². The Balaban J connectivity index is 0.00000363. The summed E-state index contributed by atoms with van der Waals surface area (Å²) >= 11 is 0. The molecule has 3 rings (SSSR count). The largest absolute Gasteiger partial charge is 0.497 e. The fourth-order valence-corrected chi connectivity index (χ4v) is 3.60. The third kappa shape index (κ3) is 5.42. The van der Waals surface area contributed by atoms with E-state index in [4.69, 9.17) is 18.9 Å². The van der Waals surface area contributed by atoms with Crippen molar-refractivity contribution in [3.63, 3.8) is 0 Å². The summed E-state index contributed by atoms with van der Waals surface area (Å²) in [6, 6.07) is 11.0. The van der Waals surface area contributed by atoms with Gasteiger partial charge in [0.1, 0.15) is 5.75 Å². The molecular weight excluding hydrogens is 416 g/mol. The number of ketones is 1. The lowest BCUT2D eigenvalue weighted by Crippen LogP contribution is -2.49. The molecule has 1 heterocycles. The number of anilines is 1. The first-order valence-electron chi connectivity index (χ1n) is 10.0. The van der Waals surface area contributed by atoms with Crippen LogP contribution in [0.15, 0.2) is 36.4 Å². The van der Waals surface area contributed by atoms with Crippen molar-refractivity contribution in [2.45, 2.75) is 6.42 Å². The molecule has 32 heavy (non-hydrogen) atoms. The highest BCUT2D eigenvalue weighted by molar-refractivity contribution is 6.08. The predicted molar refractivity (Wildman–Crippen MR) is 120 cm³/mol. The summed E-state index contributed by atoms with van der Waals surface area (Å²) in [7, 11) is 6.10. The zero-order valence-corrected chi connectivity index (χ0v) is 18.8. The topological polar surface area (TPSA) is 109 Å². The standard InChI is InChI=1S/C23H28N2O6.H2O/c1-28-18-7-5-17(6-8-18)24-9-11-25(12-10-24)22(27)15-19(26)16-13-20(29-2)23(31-4)21(14-16)30-3;/h5-8,13-14H,9-12,15H2,1-4H3;1H2. The van der Waals surface area contributed by atoms with Crippen molar-refractivity contribution >= 4 is 17.4 Å². The zero-order chi connectivity index (χ0) is 22.4. The molecule has 1 fully saturated rings. The number of hydrogen-bond acceptors (Lipinski definition) is 7. The molecule has 174 valence electrons. The Morgan fingerprint density at radius 3 is 1.84 bits per heavy atom. The minimum absolute atomic E-state index is 0. The van der Waals surface area contributed by atoms with Gasteiger partial charge in [0.25, 0.3) is 0 Å². The molecule has 0 atom stereocenters. The van der Waals surface area contributed by atoms with Gasteiger partial charge >= 0.3 is 0 Å². The number of hydrogen-bond donors (Lipinski definition) is 0. The van der Waals surface area contributed by atoms with Crippen LogP contribution in [0.5, 0.6) is 23.0 Å². The lowest BCUT2D eigenvalue weighted by molar-refractivity contribution is -0.130. The van der Waals surface area contributed by atoms with Gasteiger partial charge in [-0.25, -0.2) is 0 Å². The highest BCUT2D eigenvalue weighted by atomic mass is 16.5. The molecule has 1 aliphatic heterocycles. The normalized spacial score (nSPS) is 13.1. The Bertz CT molecular complexity index is 897. The maximum Gasteiger partial charge on any atom is 0.230 e. The monoisotopic (exact) mass is 446 g/mol. The van der Waals surface area contributed by atoms with Crippen LogP contribution in [0.4, 0.5) is 5.69 Å². The Morgan fingerprint density at radius 2 is 1.38 bits per heavy atom. The number of ether oxygens (including phenoxy) is 4. The highest BCUT2D eigenvalue weighted by Crippen LogP contribution is 2.38. The molecule has 0 saturated carbocycles. The number of Topliss-reactive ketones (excluding diaryl/α,β-unsaturated/α-hetero) is 1. The van der Waals surface area contributed by atoms with E-state index >= 15 is 0 Å². The molecule has 0 unspecified atom stereocenters. The Kier molecular flexibility index (Phi) is 8.71. The summed E-state index contributed by atoms with van der Waals surface area (Å²) in [4.78, 5) is 29.4. The van der Waals surface area contributed by atoms with Crippen LogP contribution in [0, 0.1) is 0 Å². The molecule has 1 aliphatic rings. The van der Waals surface area contributed by atoms with Crippen LogP contribution in [0.25, 0.3) is 0 Å². The van der Waals surface area contributed by atoms with E-state index in [1.54, 1.807) is 24.1 Å². The van der Waals surface area contributed by atoms with Crippen LogP contribution in [-0.2, 0) is 4.79 Å². The van der Waals surface area contributed by atoms with Crippen LogP contribution in [0.2, 0.25) is 0 Å². The molecule has 0 bridgehead atoms. The van der Waals surface area contributed by atoms with E-state index in [2.05, 4.69) is 4.90 Å². The van der Waals surface area contributed by atoms with Crippen molar-refractivity contribution in [1.29, 1.82) is 0 Å². The van der Waals surface area contributed by atoms with E-state index in [1.807, 2.05) is 24.3 Å². The second-order valence-electron chi connectivity index (χ2n) is 7.08. The summed E-state index contributed by atoms with van der Waals surface area (Å²) in [5.74, 6) is 1.50. The van der Waals surface area contributed by atoms with Crippen LogP contribution in [0.1, 0.15) is 16.8 Å². The second kappa shape index (κ2) is 11.2. The molecule has 9 heteroatoms. The van der Waals surface area contributed by atoms with E-state index in [0.717, 1.165) is 11.4 Å². The SMILES string of the molecule is COc1ccc(N2CCN(C(=O)CC(=O)c3cc(OC)c(OC)c(OC)c3)CC2)cc1.O. The number of carbonyl (C=O) groups excluding carboxylic acids is 2. The van der Waals surface area contributed by atoms with Gasteiger partial charge in [-0.05, 0) is 36.4 Å². The lowest BCUT2D eigenvalue weighted by Gasteiger charge is -2.36. The van der Waals surface area contributed by atoms with Crippen molar-refractivity contribution in [3.05, 3.63) is 42.0 Å². The van der Waals surface area contributed by atoms with Gasteiger partial charge < -0.3 is 34.2 Å². The first kappa shape index (κ1) is 24.8. The van der Waals surface area contributed by atoms with E-state index in [9.17, 15) is 9.59 Å². The average Bonchev–Trinajstić information content (AvgIpc) is 2.83. The van der Waals surface area contributed by atoms with Crippen molar-refractivity contribution in [2.24, 2.45) is 0 Å². The van der Waals surface area contributed by atoms with Gasteiger partial charge in [0.15, 0.2) is 17.3 Å². The average molecular weight is 447 g/mol. The van der Waals surface area contributed by atoms with Gasteiger partial charge in [0.05, 0.1) is 34.9 Å². The maximum absolute atomic E-state index is 12.8. The number of benzene rings is 2. The quantitative estimate of drug-likeness (QED) is 0.449. The summed E-state index contributed by atoms with van der Waals surface area (Å²) in [6.07, 6.45) is -0.207. The predicted octanol–water partition coefficient (Wildman–Crippen LogP) is 1.82. The lowest BCUT2D eigenvalue weighted by atomic mass is 10.1. The third-order valence-electron chi connectivity index (χ3n) is 5.37. The second-order valence-corrected chi connectivity index (χ2v) is 7.08. The number of rotatable bonds is 8. The third-order valence-corrected chi connectivity index (χ3v) is 5.37. The molecule has 1 amide bonds. The minimum Gasteiger partial charge on any atom is -0.497 e. The maximum atomic E-state index is 12.8. The molecule has 2 aromatic rings. The Morgan fingerprint density at radius 1 is 0.812 bits per heavy atom. The zero-order valence-electron chi connectivity index (χ0n) is 18.8. The summed E-state index contributed by atoms with van der Waals surface area (Å²) < 4.78 is 21.1. The number of carbonyl (C=O) groups is 2. The summed E-state index contributed by atoms with van der Waals surface area (Å²) in [5, 5.41) is 0. The number of piperazine rings is 1. The molecule has 0 aliphatic carbocycles. The molecule has 0 radical (unpaired) electrons. The molecule has 1 saturated heterocycles. The summed E-state index contributed by atoms with van der Waals surface area (Å²) in [6.45, 7) is 2.54. The number of amides is 1. The minimum atomic E-state index is -0.290. The summed E-state index contributed by atoms with van der Waals surface area (Å²) in [5.41, 5.74) is 1.43. The van der Waals surface area contributed by atoms with E-state index in [0.29, 0.717) is 49.0 Å². The molecule has 2 aromatic carbocycles. The highest BCUT2D eigenvalue weighted by Gasteiger charge is 2.25. The number of methoxy groups -OCH3 is 4. The van der Waals surface area contributed by atoms with Gasteiger partial charge in [-0.1, -0.05) is 0 Å². The van der Waals surface area contributed by atoms with Gasteiger partial charge in [-0.3, -0.25) is 9.59 Å². The molecular formula is C23H30N2O7. The van der Waals surface area contributed by atoms with Gasteiger partial charge in [-0.2, -0.15) is 0 Å². The first-order valence-corrected chi connectivity index (χ1v) is 10.0. The number of nitrogens with zero attached hydrogens (tertiary/aromatic N) is 2. The van der Waals surface area contributed by atoms with Crippen molar-refractivity contribution in [1.82, 2.24) is 4.90 Å². The van der Waals surface area contributed by atoms with E-state index in [1.165, 1.54) is 21.3 Å².